The maximum atomic E-state index is 9.61. The Morgan fingerprint density at radius 2 is 1.78 bits per heavy atom. The van der Waals surface area contributed by atoms with Crippen molar-refractivity contribution < 1.29 is 5.11 Å². The summed E-state index contributed by atoms with van der Waals surface area (Å²) < 4.78 is 0. The molecule has 1 aliphatic rings. The van der Waals surface area contributed by atoms with E-state index in [0.717, 1.165) is 37.7 Å². The molecule has 0 spiro atoms. The quantitative estimate of drug-likeness (QED) is 0.856. The number of alkyl halides is 1. The molecule has 0 radical (unpaired) electrons. The van der Waals surface area contributed by atoms with Crippen molar-refractivity contribution in [2.45, 2.75) is 6.10 Å². The molecule has 1 unspecified atom stereocenters. The third kappa shape index (κ3) is 3.85. The van der Waals surface area contributed by atoms with Gasteiger partial charge in [0.25, 0.3) is 0 Å². The van der Waals surface area contributed by atoms with Gasteiger partial charge in [0.15, 0.2) is 0 Å². The van der Waals surface area contributed by atoms with Crippen molar-refractivity contribution in [2.75, 3.05) is 43.0 Å². The minimum atomic E-state index is -0.271. The molecule has 0 aromatic heterocycles. The van der Waals surface area contributed by atoms with Gasteiger partial charge in [-0.15, -0.1) is 0 Å². The standard InChI is InChI=1S/C13H18BrClN2O/c14-9-13(18)10-16-5-7-17(8-6-16)12-3-1-11(15)2-4-12/h1-4,13,18H,5-10H2. The topological polar surface area (TPSA) is 26.7 Å². The minimum Gasteiger partial charge on any atom is -0.391 e. The second-order valence-corrected chi connectivity index (χ2v) is 5.66. The van der Waals surface area contributed by atoms with E-state index in [1.807, 2.05) is 12.1 Å². The van der Waals surface area contributed by atoms with Crippen LogP contribution in [0, 0.1) is 0 Å². The Kier molecular flexibility index (Phi) is 5.30. The smallest absolute Gasteiger partial charge is 0.0763 e. The number of piperazine rings is 1. The van der Waals surface area contributed by atoms with Crippen LogP contribution >= 0.6 is 27.5 Å². The first kappa shape index (κ1) is 14.1. The molecule has 1 aliphatic heterocycles. The second kappa shape index (κ2) is 6.75. The van der Waals surface area contributed by atoms with Gasteiger partial charge in [-0.25, -0.2) is 0 Å². The molecule has 1 N–H and O–H groups in total. The molecule has 100 valence electrons. The van der Waals surface area contributed by atoms with E-state index in [9.17, 15) is 5.11 Å². The number of halogens is 2. The first-order chi connectivity index (χ1) is 8.69. The Morgan fingerprint density at radius 1 is 1.17 bits per heavy atom. The molecule has 2 rings (SSSR count). The zero-order valence-electron chi connectivity index (χ0n) is 10.2. The molecule has 5 heteroatoms. The molecule has 3 nitrogen and oxygen atoms in total. The van der Waals surface area contributed by atoms with Crippen LogP contribution in [0.25, 0.3) is 0 Å². The average molecular weight is 334 g/mol. The average Bonchev–Trinajstić information content (AvgIpc) is 2.40. The van der Waals surface area contributed by atoms with Gasteiger partial charge in [0.05, 0.1) is 6.10 Å². The summed E-state index contributed by atoms with van der Waals surface area (Å²) in [6, 6.07) is 7.98. The number of hydrogen-bond donors (Lipinski definition) is 1. The van der Waals surface area contributed by atoms with E-state index in [0.29, 0.717) is 5.33 Å². The Morgan fingerprint density at radius 3 is 2.33 bits per heavy atom. The molecule has 0 amide bonds. The fraction of sp³-hybridized carbons (Fsp3) is 0.538. The van der Waals surface area contributed by atoms with Crippen molar-refractivity contribution >= 4 is 33.2 Å². The Labute approximate surface area is 121 Å². The molecule has 1 fully saturated rings. The van der Waals surface area contributed by atoms with Crippen molar-refractivity contribution in [2.24, 2.45) is 0 Å². The lowest BCUT2D eigenvalue weighted by Crippen LogP contribution is -2.48. The molecule has 0 bridgehead atoms. The van der Waals surface area contributed by atoms with E-state index >= 15 is 0 Å². The monoisotopic (exact) mass is 332 g/mol. The van der Waals surface area contributed by atoms with Crippen molar-refractivity contribution in [1.29, 1.82) is 0 Å². The molecule has 0 saturated carbocycles. The Hall–Kier alpha value is -0.290. The fourth-order valence-electron chi connectivity index (χ4n) is 2.19. The molecular weight excluding hydrogens is 316 g/mol. The summed E-state index contributed by atoms with van der Waals surface area (Å²) in [5.74, 6) is 0. The van der Waals surface area contributed by atoms with E-state index in [1.54, 1.807) is 0 Å². The number of aliphatic hydroxyl groups is 1. The predicted molar refractivity (Wildman–Crippen MR) is 79.9 cm³/mol. The number of rotatable bonds is 4. The summed E-state index contributed by atoms with van der Waals surface area (Å²) in [6.07, 6.45) is -0.271. The number of anilines is 1. The molecule has 18 heavy (non-hydrogen) atoms. The normalized spacial score (nSPS) is 18.9. The van der Waals surface area contributed by atoms with Crippen LogP contribution in [-0.2, 0) is 0 Å². The van der Waals surface area contributed by atoms with Crippen LogP contribution in [0.2, 0.25) is 5.02 Å². The van der Waals surface area contributed by atoms with E-state index in [2.05, 4.69) is 37.9 Å². The molecular formula is C13H18BrClN2O. The van der Waals surface area contributed by atoms with Crippen LogP contribution in [0.15, 0.2) is 24.3 Å². The number of aliphatic hydroxyl groups excluding tert-OH is 1. The van der Waals surface area contributed by atoms with Crippen LogP contribution in [0.4, 0.5) is 5.69 Å². The number of nitrogens with zero attached hydrogens (tertiary/aromatic N) is 2. The highest BCUT2D eigenvalue weighted by atomic mass is 79.9. The van der Waals surface area contributed by atoms with Gasteiger partial charge >= 0.3 is 0 Å². The summed E-state index contributed by atoms with van der Waals surface area (Å²) in [6.45, 7) is 4.73. The van der Waals surface area contributed by atoms with Crippen LogP contribution in [0.3, 0.4) is 0 Å². The molecule has 1 heterocycles. The van der Waals surface area contributed by atoms with Crippen LogP contribution < -0.4 is 4.90 Å². The van der Waals surface area contributed by atoms with E-state index < -0.39 is 0 Å². The minimum absolute atomic E-state index is 0.271. The maximum Gasteiger partial charge on any atom is 0.0763 e. The van der Waals surface area contributed by atoms with Gasteiger partial charge in [0, 0.05) is 48.8 Å². The van der Waals surface area contributed by atoms with Gasteiger partial charge in [-0.05, 0) is 24.3 Å². The Balaban J connectivity index is 1.84. The lowest BCUT2D eigenvalue weighted by Gasteiger charge is -2.36. The van der Waals surface area contributed by atoms with Crippen molar-refractivity contribution in [3.05, 3.63) is 29.3 Å². The largest absolute Gasteiger partial charge is 0.391 e. The summed E-state index contributed by atoms with van der Waals surface area (Å²) >= 11 is 9.19. The first-order valence-electron chi connectivity index (χ1n) is 6.16. The number of benzene rings is 1. The zero-order chi connectivity index (χ0) is 13.0. The highest BCUT2D eigenvalue weighted by Gasteiger charge is 2.18. The van der Waals surface area contributed by atoms with Gasteiger partial charge in [0.1, 0.15) is 0 Å². The SMILES string of the molecule is OC(CBr)CN1CCN(c2ccc(Cl)cc2)CC1. The first-order valence-corrected chi connectivity index (χ1v) is 7.66. The van der Waals surface area contributed by atoms with Gasteiger partial charge < -0.3 is 10.0 Å². The molecule has 1 aromatic rings. The van der Waals surface area contributed by atoms with Crippen molar-refractivity contribution in [3.63, 3.8) is 0 Å². The van der Waals surface area contributed by atoms with Crippen LogP contribution in [0.1, 0.15) is 0 Å². The highest BCUT2D eigenvalue weighted by molar-refractivity contribution is 9.09. The third-order valence-corrected chi connectivity index (χ3v) is 4.21. The highest BCUT2D eigenvalue weighted by Crippen LogP contribution is 2.19. The lowest BCUT2D eigenvalue weighted by atomic mass is 10.2. The number of β-amino-alcohol motifs (C(OH)–C–C–N with tert-alkyl or cyclic N) is 1. The van der Waals surface area contributed by atoms with E-state index in [-0.39, 0.29) is 6.10 Å². The summed E-state index contributed by atoms with van der Waals surface area (Å²) in [4.78, 5) is 4.66. The molecule has 1 aromatic carbocycles. The van der Waals surface area contributed by atoms with Gasteiger partial charge in [-0.2, -0.15) is 0 Å². The van der Waals surface area contributed by atoms with Crippen LogP contribution in [-0.4, -0.2) is 54.2 Å². The van der Waals surface area contributed by atoms with E-state index in [4.69, 9.17) is 11.6 Å². The van der Waals surface area contributed by atoms with Crippen LogP contribution in [0.5, 0.6) is 0 Å². The second-order valence-electron chi connectivity index (χ2n) is 4.57. The number of hydrogen-bond acceptors (Lipinski definition) is 3. The zero-order valence-corrected chi connectivity index (χ0v) is 12.6. The summed E-state index contributed by atoms with van der Waals surface area (Å²) in [7, 11) is 0. The predicted octanol–water partition coefficient (Wildman–Crippen LogP) is 2.22. The summed E-state index contributed by atoms with van der Waals surface area (Å²) in [5.41, 5.74) is 1.22. The molecule has 0 aliphatic carbocycles. The third-order valence-electron chi connectivity index (χ3n) is 3.21. The van der Waals surface area contributed by atoms with Gasteiger partial charge in [-0.3, -0.25) is 4.90 Å². The lowest BCUT2D eigenvalue weighted by molar-refractivity contribution is 0.127. The van der Waals surface area contributed by atoms with Gasteiger partial charge in [-0.1, -0.05) is 27.5 Å². The fourth-order valence-corrected chi connectivity index (χ4v) is 2.52. The molecule has 1 atom stereocenters. The Bertz CT molecular complexity index is 366. The molecule has 1 saturated heterocycles. The van der Waals surface area contributed by atoms with E-state index in [1.165, 1.54) is 5.69 Å². The summed E-state index contributed by atoms with van der Waals surface area (Å²) in [5, 5.41) is 11.0. The van der Waals surface area contributed by atoms with Crippen molar-refractivity contribution in [3.8, 4) is 0 Å². The van der Waals surface area contributed by atoms with Crippen molar-refractivity contribution in [1.82, 2.24) is 4.90 Å². The maximum absolute atomic E-state index is 9.61. The van der Waals surface area contributed by atoms with Gasteiger partial charge in [0.2, 0.25) is 0 Å².